The summed E-state index contributed by atoms with van der Waals surface area (Å²) in [5.74, 6) is 0.461. The van der Waals surface area contributed by atoms with Gasteiger partial charge in [0.2, 0.25) is 0 Å². The summed E-state index contributed by atoms with van der Waals surface area (Å²) in [4.78, 5) is 28.3. The molecule has 0 radical (unpaired) electrons. The van der Waals surface area contributed by atoms with Crippen LogP contribution in [-0.4, -0.2) is 42.1 Å². The molecule has 4 aliphatic rings. The number of aryl methyl sites for hydroxylation is 1. The average Bonchev–Trinajstić information content (AvgIpc) is 2.80. The third kappa shape index (κ3) is 6.41. The molecule has 3 aliphatic heterocycles. The van der Waals surface area contributed by atoms with E-state index in [-0.39, 0.29) is 17.4 Å². The highest BCUT2D eigenvalue weighted by atomic mass is 16.6. The minimum Gasteiger partial charge on any atom is -0.460 e. The van der Waals surface area contributed by atoms with E-state index >= 15 is 0 Å². The standard InChI is InChI=1S/C29H43NO4/c1-27(2,3)34-25(31)12-8-10-23-9-7-11-24(21-23)33-26(32)29(13-5-4-6-14-29)22-28-15-18-30(19-16-28)20-17-28/h7,9,11,21H,4-6,8,10,12-20,22H2,1-3H3. The Kier molecular flexibility index (Phi) is 7.71. The maximum absolute atomic E-state index is 13.7. The number of fused-ring (bicyclic) bond motifs is 3. The van der Waals surface area contributed by atoms with E-state index in [2.05, 4.69) is 4.90 Å². The zero-order chi connectivity index (χ0) is 24.2. The van der Waals surface area contributed by atoms with Crippen LogP contribution in [0.15, 0.2) is 24.3 Å². The Balaban J connectivity index is 1.37. The summed E-state index contributed by atoms with van der Waals surface area (Å²) in [7, 11) is 0. The fourth-order valence-corrected chi connectivity index (χ4v) is 6.37. The number of nitrogens with zero attached hydrogens (tertiary/aromatic N) is 1. The Morgan fingerprint density at radius 3 is 2.29 bits per heavy atom. The number of hydrogen-bond acceptors (Lipinski definition) is 5. The zero-order valence-electron chi connectivity index (χ0n) is 21.5. The first-order chi connectivity index (χ1) is 16.2. The lowest BCUT2D eigenvalue weighted by Gasteiger charge is -2.52. The molecule has 5 nitrogen and oxygen atoms in total. The molecule has 1 aromatic rings. The summed E-state index contributed by atoms with van der Waals surface area (Å²) in [6, 6.07) is 7.86. The van der Waals surface area contributed by atoms with Gasteiger partial charge in [-0.05, 0) is 115 Å². The predicted octanol–water partition coefficient (Wildman–Crippen LogP) is 6.08. The van der Waals surface area contributed by atoms with Gasteiger partial charge in [0.15, 0.2) is 0 Å². The number of piperidine rings is 3. The number of carbonyl (C=O) groups is 2. The maximum atomic E-state index is 13.7. The van der Waals surface area contributed by atoms with Crippen molar-refractivity contribution in [2.45, 2.75) is 103 Å². The molecule has 0 unspecified atom stereocenters. The molecule has 0 N–H and O–H groups in total. The summed E-state index contributed by atoms with van der Waals surface area (Å²) in [5, 5.41) is 0. The van der Waals surface area contributed by atoms with E-state index in [0.717, 1.165) is 50.5 Å². The molecule has 0 amide bonds. The molecule has 1 aliphatic carbocycles. The predicted molar refractivity (Wildman–Crippen MR) is 134 cm³/mol. The van der Waals surface area contributed by atoms with Crippen LogP contribution in [0.2, 0.25) is 0 Å². The van der Waals surface area contributed by atoms with Crippen molar-refractivity contribution in [1.29, 1.82) is 0 Å². The minimum atomic E-state index is -0.450. The maximum Gasteiger partial charge on any atom is 0.317 e. The van der Waals surface area contributed by atoms with Crippen molar-refractivity contribution >= 4 is 11.9 Å². The van der Waals surface area contributed by atoms with Gasteiger partial charge in [0.05, 0.1) is 5.41 Å². The van der Waals surface area contributed by atoms with Gasteiger partial charge in [-0.3, -0.25) is 9.59 Å². The number of esters is 2. The van der Waals surface area contributed by atoms with Gasteiger partial charge >= 0.3 is 11.9 Å². The summed E-state index contributed by atoms with van der Waals surface area (Å²) < 4.78 is 11.5. The summed E-state index contributed by atoms with van der Waals surface area (Å²) in [6.07, 6.45) is 12.0. The first-order valence-corrected chi connectivity index (χ1v) is 13.4. The Hall–Kier alpha value is -1.88. The molecule has 188 valence electrons. The lowest BCUT2D eigenvalue weighted by Crippen LogP contribution is -2.52. The van der Waals surface area contributed by atoms with E-state index in [4.69, 9.17) is 9.47 Å². The van der Waals surface area contributed by atoms with Crippen molar-refractivity contribution in [3.8, 4) is 5.75 Å². The Morgan fingerprint density at radius 1 is 0.971 bits per heavy atom. The van der Waals surface area contributed by atoms with Crippen molar-refractivity contribution in [1.82, 2.24) is 4.90 Å². The van der Waals surface area contributed by atoms with Gasteiger partial charge in [-0.2, -0.15) is 0 Å². The van der Waals surface area contributed by atoms with Crippen LogP contribution < -0.4 is 4.74 Å². The highest BCUT2D eigenvalue weighted by Crippen LogP contribution is 2.53. The molecule has 5 rings (SSSR count). The van der Waals surface area contributed by atoms with Gasteiger partial charge in [0.1, 0.15) is 11.4 Å². The van der Waals surface area contributed by atoms with Gasteiger partial charge in [-0.25, -0.2) is 0 Å². The molecule has 34 heavy (non-hydrogen) atoms. The number of hydrogen-bond donors (Lipinski definition) is 0. The molecule has 3 saturated heterocycles. The van der Waals surface area contributed by atoms with Gasteiger partial charge in [0.25, 0.3) is 0 Å². The van der Waals surface area contributed by atoms with Crippen LogP contribution in [0.3, 0.4) is 0 Å². The molecular weight excluding hydrogens is 426 g/mol. The minimum absolute atomic E-state index is 0.0134. The van der Waals surface area contributed by atoms with Crippen molar-refractivity contribution in [2.75, 3.05) is 19.6 Å². The molecular formula is C29H43NO4. The summed E-state index contributed by atoms with van der Waals surface area (Å²) >= 11 is 0. The van der Waals surface area contributed by atoms with Gasteiger partial charge in [-0.15, -0.1) is 0 Å². The smallest absolute Gasteiger partial charge is 0.317 e. The van der Waals surface area contributed by atoms with E-state index in [1.165, 1.54) is 45.3 Å². The van der Waals surface area contributed by atoms with Gasteiger partial charge in [0, 0.05) is 6.42 Å². The number of benzene rings is 1. The average molecular weight is 470 g/mol. The Bertz CT molecular complexity index is 843. The SMILES string of the molecule is CC(C)(C)OC(=O)CCCc1cccc(OC(=O)C2(CC34CCN(CC3)CC4)CCCCC2)c1. The quantitative estimate of drug-likeness (QED) is 0.341. The van der Waals surface area contributed by atoms with Crippen LogP contribution in [0.25, 0.3) is 0 Å². The van der Waals surface area contributed by atoms with E-state index < -0.39 is 5.60 Å². The van der Waals surface area contributed by atoms with E-state index in [1.54, 1.807) is 0 Å². The molecule has 3 heterocycles. The third-order valence-corrected chi connectivity index (χ3v) is 8.21. The van der Waals surface area contributed by atoms with E-state index in [9.17, 15) is 9.59 Å². The van der Waals surface area contributed by atoms with Crippen molar-refractivity contribution in [2.24, 2.45) is 10.8 Å². The second-order valence-corrected chi connectivity index (χ2v) is 12.1. The van der Waals surface area contributed by atoms with Crippen LogP contribution in [0.5, 0.6) is 5.75 Å². The zero-order valence-corrected chi connectivity index (χ0v) is 21.5. The Morgan fingerprint density at radius 2 is 1.65 bits per heavy atom. The second kappa shape index (κ2) is 10.4. The first kappa shape index (κ1) is 25.2. The lowest BCUT2D eigenvalue weighted by atomic mass is 9.59. The number of rotatable bonds is 8. The second-order valence-electron chi connectivity index (χ2n) is 12.1. The summed E-state index contributed by atoms with van der Waals surface area (Å²) in [5.41, 5.74) is 0.637. The van der Waals surface area contributed by atoms with Crippen LogP contribution in [-0.2, 0) is 20.7 Å². The first-order valence-electron chi connectivity index (χ1n) is 13.4. The molecule has 4 fully saturated rings. The third-order valence-electron chi connectivity index (χ3n) is 8.21. The topological polar surface area (TPSA) is 55.8 Å². The van der Waals surface area contributed by atoms with Crippen molar-refractivity contribution < 1.29 is 19.1 Å². The monoisotopic (exact) mass is 469 g/mol. The molecule has 0 atom stereocenters. The molecule has 0 spiro atoms. The van der Waals surface area contributed by atoms with Crippen LogP contribution in [0.1, 0.15) is 97.0 Å². The molecule has 5 heteroatoms. The lowest BCUT2D eigenvalue weighted by molar-refractivity contribution is -0.155. The number of carbonyl (C=O) groups excluding carboxylic acids is 2. The van der Waals surface area contributed by atoms with E-state index in [0.29, 0.717) is 17.6 Å². The fourth-order valence-electron chi connectivity index (χ4n) is 6.37. The molecule has 2 bridgehead atoms. The molecule has 1 aromatic carbocycles. The molecule has 1 saturated carbocycles. The van der Waals surface area contributed by atoms with Crippen LogP contribution in [0, 0.1) is 10.8 Å². The fraction of sp³-hybridized carbons (Fsp3) is 0.724. The highest BCUT2D eigenvalue weighted by Gasteiger charge is 2.50. The summed E-state index contributed by atoms with van der Waals surface area (Å²) in [6.45, 7) is 9.24. The highest BCUT2D eigenvalue weighted by molar-refractivity contribution is 5.79. The largest absolute Gasteiger partial charge is 0.460 e. The van der Waals surface area contributed by atoms with Crippen molar-refractivity contribution in [3.63, 3.8) is 0 Å². The van der Waals surface area contributed by atoms with Gasteiger partial charge in [-0.1, -0.05) is 31.4 Å². The van der Waals surface area contributed by atoms with Gasteiger partial charge < -0.3 is 14.4 Å². The van der Waals surface area contributed by atoms with Crippen LogP contribution >= 0.6 is 0 Å². The van der Waals surface area contributed by atoms with Crippen molar-refractivity contribution in [3.05, 3.63) is 29.8 Å². The number of ether oxygens (including phenoxy) is 2. The van der Waals surface area contributed by atoms with E-state index in [1.807, 2.05) is 45.0 Å². The van der Waals surface area contributed by atoms with Crippen LogP contribution in [0.4, 0.5) is 0 Å². The molecule has 0 aromatic heterocycles. The normalized spacial score (nSPS) is 26.1. The Labute approximate surface area is 205 Å².